The maximum Gasteiger partial charge on any atom is 0.239 e. The Balaban J connectivity index is 2.38. The molecule has 0 radical (unpaired) electrons. The van der Waals surface area contributed by atoms with Crippen LogP contribution >= 0.6 is 43.5 Å². The van der Waals surface area contributed by atoms with E-state index in [9.17, 15) is 0 Å². The number of hydrogen-bond donors (Lipinski definition) is 0. The van der Waals surface area contributed by atoms with E-state index in [-0.39, 0.29) is 10.9 Å². The van der Waals surface area contributed by atoms with Crippen LogP contribution in [0.15, 0.2) is 39.4 Å². The smallest absolute Gasteiger partial charge is 0.239 e. The highest BCUT2D eigenvalue weighted by Gasteiger charge is 2.11. The maximum absolute atomic E-state index is 8.87. The summed E-state index contributed by atoms with van der Waals surface area (Å²) < 4.78 is 7.26. The molecule has 0 saturated carbocycles. The molecule has 0 aliphatic carbocycles. The van der Waals surface area contributed by atoms with E-state index in [1.165, 1.54) is 12.3 Å². The molecule has 0 unspecified atom stereocenters. The summed E-state index contributed by atoms with van der Waals surface area (Å²) >= 11 is 12.7. The molecule has 0 aliphatic heterocycles. The van der Waals surface area contributed by atoms with E-state index in [1.54, 1.807) is 6.07 Å². The van der Waals surface area contributed by atoms with Gasteiger partial charge in [-0.05, 0) is 40.2 Å². The first-order valence-electron chi connectivity index (χ1n) is 4.79. The van der Waals surface area contributed by atoms with E-state index in [0.29, 0.717) is 11.3 Å². The van der Waals surface area contributed by atoms with Crippen LogP contribution in [0.3, 0.4) is 0 Å². The van der Waals surface area contributed by atoms with Crippen LogP contribution in [0.5, 0.6) is 11.6 Å². The fraction of sp³-hybridized carbons (Fsp3) is 0. The Hall–Kier alpha value is -1.09. The molecule has 0 aliphatic rings. The molecule has 0 bridgehead atoms. The first-order chi connectivity index (χ1) is 8.61. The quantitative estimate of drug-likeness (QED) is 0.733. The molecule has 0 fully saturated rings. The Bertz CT molecular complexity index is 640. The van der Waals surface area contributed by atoms with Gasteiger partial charge in [-0.3, -0.25) is 0 Å². The lowest BCUT2D eigenvalue weighted by molar-refractivity contribution is 0.460. The van der Waals surface area contributed by atoms with Crippen LogP contribution in [-0.2, 0) is 0 Å². The molecule has 1 heterocycles. The minimum Gasteiger partial charge on any atom is -0.436 e. The van der Waals surface area contributed by atoms with Gasteiger partial charge in [0.15, 0.2) is 0 Å². The van der Waals surface area contributed by atoms with Crippen LogP contribution < -0.4 is 4.74 Å². The van der Waals surface area contributed by atoms with Gasteiger partial charge in [0, 0.05) is 10.7 Å². The fourth-order valence-electron chi connectivity index (χ4n) is 1.24. The van der Waals surface area contributed by atoms with E-state index in [1.807, 2.05) is 18.2 Å². The molecule has 0 N–H and O–H groups in total. The summed E-state index contributed by atoms with van der Waals surface area (Å²) in [5.41, 5.74) is 0.329. The normalized spacial score (nSPS) is 9.89. The van der Waals surface area contributed by atoms with Crippen molar-refractivity contribution < 1.29 is 4.74 Å². The van der Waals surface area contributed by atoms with Crippen LogP contribution in [-0.4, -0.2) is 4.98 Å². The average molecular weight is 388 g/mol. The lowest BCUT2D eigenvalue weighted by Crippen LogP contribution is -1.91. The van der Waals surface area contributed by atoms with Gasteiger partial charge in [0.1, 0.15) is 16.8 Å². The van der Waals surface area contributed by atoms with E-state index < -0.39 is 0 Å². The highest BCUT2D eigenvalue weighted by Crippen LogP contribution is 2.34. The molecule has 0 spiro atoms. The predicted octanol–water partition coefficient (Wildman–Crippen LogP) is 4.92. The van der Waals surface area contributed by atoms with Gasteiger partial charge >= 0.3 is 0 Å². The molecular formula is C12H5Br2ClN2O. The van der Waals surface area contributed by atoms with Crippen molar-refractivity contribution >= 4 is 43.5 Å². The Kier molecular flexibility index (Phi) is 4.23. The minimum absolute atomic E-state index is 0.204. The highest BCUT2D eigenvalue weighted by molar-refractivity contribution is 9.11. The van der Waals surface area contributed by atoms with Gasteiger partial charge in [-0.15, -0.1) is 0 Å². The first kappa shape index (κ1) is 13.3. The number of nitrogens with zero attached hydrogens (tertiary/aromatic N) is 2. The Morgan fingerprint density at radius 3 is 2.72 bits per heavy atom. The van der Waals surface area contributed by atoms with Crippen molar-refractivity contribution in [3.63, 3.8) is 0 Å². The standard InChI is InChI=1S/C12H5Br2ClN2O/c13-8-1-2-10(9(14)5-8)18-12-11(15)7(6-16)3-4-17-12/h1-5H. The molecule has 3 nitrogen and oxygen atoms in total. The molecule has 0 saturated heterocycles. The Morgan fingerprint density at radius 2 is 2.06 bits per heavy atom. The number of benzene rings is 1. The summed E-state index contributed by atoms with van der Waals surface area (Å²) in [6.45, 7) is 0. The van der Waals surface area contributed by atoms with Gasteiger partial charge in [-0.1, -0.05) is 27.5 Å². The number of halogens is 3. The molecule has 18 heavy (non-hydrogen) atoms. The number of nitriles is 1. The third-order valence-electron chi connectivity index (χ3n) is 2.08. The van der Waals surface area contributed by atoms with Gasteiger partial charge in [0.2, 0.25) is 5.88 Å². The monoisotopic (exact) mass is 386 g/mol. The summed E-state index contributed by atoms with van der Waals surface area (Å²) in [6.07, 6.45) is 1.48. The number of ether oxygens (including phenoxy) is 1. The van der Waals surface area contributed by atoms with Crippen molar-refractivity contribution in [3.8, 4) is 17.7 Å². The summed E-state index contributed by atoms with van der Waals surface area (Å²) in [4.78, 5) is 4.01. The molecule has 1 aromatic carbocycles. The lowest BCUT2D eigenvalue weighted by atomic mass is 10.3. The zero-order valence-electron chi connectivity index (χ0n) is 8.82. The average Bonchev–Trinajstić information content (AvgIpc) is 2.35. The third-order valence-corrected chi connectivity index (χ3v) is 3.56. The van der Waals surface area contributed by atoms with Gasteiger partial charge < -0.3 is 4.74 Å². The topological polar surface area (TPSA) is 45.9 Å². The van der Waals surface area contributed by atoms with E-state index >= 15 is 0 Å². The van der Waals surface area contributed by atoms with Crippen molar-refractivity contribution in [3.05, 3.63) is 50.0 Å². The third kappa shape index (κ3) is 2.83. The number of aromatic nitrogens is 1. The highest BCUT2D eigenvalue weighted by atomic mass is 79.9. The maximum atomic E-state index is 8.87. The zero-order valence-corrected chi connectivity index (χ0v) is 12.8. The SMILES string of the molecule is N#Cc1ccnc(Oc2ccc(Br)cc2Br)c1Cl. The predicted molar refractivity (Wildman–Crippen MR) is 75.9 cm³/mol. The summed E-state index contributed by atoms with van der Waals surface area (Å²) in [5.74, 6) is 0.779. The number of rotatable bonds is 2. The molecule has 2 aromatic rings. The van der Waals surface area contributed by atoms with E-state index in [2.05, 4.69) is 36.8 Å². The van der Waals surface area contributed by atoms with Gasteiger partial charge in [-0.25, -0.2) is 4.98 Å². The summed E-state index contributed by atoms with van der Waals surface area (Å²) in [5, 5.41) is 9.07. The van der Waals surface area contributed by atoms with Crippen LogP contribution in [0.4, 0.5) is 0 Å². The zero-order chi connectivity index (χ0) is 13.1. The molecule has 90 valence electrons. The fourth-order valence-corrected chi connectivity index (χ4v) is 2.56. The van der Waals surface area contributed by atoms with Crippen LogP contribution in [0.25, 0.3) is 0 Å². The van der Waals surface area contributed by atoms with Gasteiger partial charge in [0.25, 0.3) is 0 Å². The van der Waals surface area contributed by atoms with Crippen LogP contribution in [0.1, 0.15) is 5.56 Å². The summed E-state index contributed by atoms with van der Waals surface area (Å²) in [7, 11) is 0. The van der Waals surface area contributed by atoms with Crippen molar-refractivity contribution in [2.24, 2.45) is 0 Å². The second kappa shape index (κ2) is 5.70. The molecule has 0 atom stereocenters. The van der Waals surface area contributed by atoms with Gasteiger partial charge in [0.05, 0.1) is 10.0 Å². The largest absolute Gasteiger partial charge is 0.436 e. The van der Waals surface area contributed by atoms with Crippen LogP contribution in [0.2, 0.25) is 5.02 Å². The second-order valence-corrected chi connectivity index (χ2v) is 5.41. The van der Waals surface area contributed by atoms with E-state index in [0.717, 1.165) is 8.95 Å². The van der Waals surface area contributed by atoms with Crippen molar-refractivity contribution in [2.45, 2.75) is 0 Å². The lowest BCUT2D eigenvalue weighted by Gasteiger charge is -2.08. The van der Waals surface area contributed by atoms with Crippen molar-refractivity contribution in [1.82, 2.24) is 4.98 Å². The molecular weight excluding hydrogens is 383 g/mol. The molecule has 2 rings (SSSR count). The number of pyridine rings is 1. The molecule has 1 aromatic heterocycles. The van der Waals surface area contributed by atoms with Crippen LogP contribution in [0, 0.1) is 11.3 Å². The Labute approximate surface area is 126 Å². The van der Waals surface area contributed by atoms with Gasteiger partial charge in [-0.2, -0.15) is 5.26 Å². The van der Waals surface area contributed by atoms with Crippen molar-refractivity contribution in [1.29, 1.82) is 5.26 Å². The van der Waals surface area contributed by atoms with E-state index in [4.69, 9.17) is 21.6 Å². The van der Waals surface area contributed by atoms with Crippen molar-refractivity contribution in [2.75, 3.05) is 0 Å². The molecule has 6 heteroatoms. The Morgan fingerprint density at radius 1 is 1.28 bits per heavy atom. The molecule has 0 amide bonds. The second-order valence-electron chi connectivity index (χ2n) is 3.27. The summed E-state index contributed by atoms with van der Waals surface area (Å²) in [6, 6.07) is 8.96. The number of hydrogen-bond acceptors (Lipinski definition) is 3. The first-order valence-corrected chi connectivity index (χ1v) is 6.75. The minimum atomic E-state index is 0.204.